The van der Waals surface area contributed by atoms with Crippen molar-refractivity contribution >= 4 is 17.6 Å². The van der Waals surface area contributed by atoms with Crippen molar-refractivity contribution in [2.45, 2.75) is 25.8 Å². The molecule has 0 rings (SSSR count). The Morgan fingerprint density at radius 1 is 1.73 bits per heavy atom. The van der Waals surface area contributed by atoms with Gasteiger partial charge in [-0.25, -0.2) is 0 Å². The summed E-state index contributed by atoms with van der Waals surface area (Å²) in [4.78, 5) is 10.9. The van der Waals surface area contributed by atoms with Gasteiger partial charge in [-0.15, -0.1) is 11.6 Å². The van der Waals surface area contributed by atoms with Gasteiger partial charge >= 0.3 is 5.97 Å². The van der Waals surface area contributed by atoms with Gasteiger partial charge in [0.2, 0.25) is 0 Å². The summed E-state index contributed by atoms with van der Waals surface area (Å²) < 4.78 is 4.78. The molecule has 0 unspecified atom stereocenters. The summed E-state index contributed by atoms with van der Waals surface area (Å²) in [5, 5.41) is 0. The van der Waals surface area contributed by atoms with Gasteiger partial charge in [0.15, 0.2) is 0 Å². The number of hydrogen-bond acceptors (Lipinski definition) is 3. The molecule has 1 atom stereocenters. The van der Waals surface area contributed by atoms with Crippen LogP contribution < -0.4 is 5.73 Å². The van der Waals surface area contributed by atoms with E-state index >= 15 is 0 Å². The van der Waals surface area contributed by atoms with E-state index in [1.54, 1.807) is 0 Å². The highest BCUT2D eigenvalue weighted by molar-refractivity contribution is 6.18. The monoisotopic (exact) mass is 179 g/mol. The van der Waals surface area contributed by atoms with Crippen LogP contribution in [-0.2, 0) is 9.53 Å². The molecule has 0 aromatic heterocycles. The molecule has 0 fully saturated rings. The number of carbonyl (C=O) groups excluding carboxylic acids is 1. The third-order valence-electron chi connectivity index (χ3n) is 1.17. The summed E-state index contributed by atoms with van der Waals surface area (Å²) in [6, 6.07) is -0.556. The van der Waals surface area contributed by atoms with Crippen LogP contribution in [0.15, 0.2) is 0 Å². The normalized spacial score (nSPS) is 12.6. The van der Waals surface area contributed by atoms with Gasteiger partial charge in [-0.2, -0.15) is 0 Å². The highest BCUT2D eigenvalue weighted by Gasteiger charge is 2.12. The molecule has 0 aliphatic carbocycles. The predicted octanol–water partition coefficient (Wildman–Crippen LogP) is 0.896. The molecule has 3 nitrogen and oxygen atoms in total. The average Bonchev–Trinajstić information content (AvgIpc) is 2.00. The number of esters is 1. The SMILES string of the molecule is CCCOC(=O)[C@@H](N)CCCl. The lowest BCUT2D eigenvalue weighted by molar-refractivity contribution is -0.145. The fraction of sp³-hybridized carbons (Fsp3) is 0.857. The van der Waals surface area contributed by atoms with E-state index in [2.05, 4.69) is 0 Å². The van der Waals surface area contributed by atoms with Gasteiger partial charge in [-0.3, -0.25) is 4.79 Å². The van der Waals surface area contributed by atoms with E-state index in [0.717, 1.165) is 6.42 Å². The van der Waals surface area contributed by atoms with Crippen molar-refractivity contribution in [1.82, 2.24) is 0 Å². The lowest BCUT2D eigenvalue weighted by Crippen LogP contribution is -2.32. The summed E-state index contributed by atoms with van der Waals surface area (Å²) in [7, 11) is 0. The number of halogens is 1. The van der Waals surface area contributed by atoms with E-state index < -0.39 is 6.04 Å². The Balaban J connectivity index is 3.47. The smallest absolute Gasteiger partial charge is 0.322 e. The summed E-state index contributed by atoms with van der Waals surface area (Å²) >= 11 is 5.39. The molecule has 66 valence electrons. The minimum absolute atomic E-state index is 0.354. The van der Waals surface area contributed by atoms with Crippen LogP contribution in [0.25, 0.3) is 0 Å². The fourth-order valence-electron chi connectivity index (χ4n) is 0.545. The molecular weight excluding hydrogens is 166 g/mol. The molecule has 0 spiro atoms. The summed E-state index contributed by atoms with van der Waals surface area (Å²) in [5.74, 6) is 0.0371. The predicted molar refractivity (Wildman–Crippen MR) is 44.6 cm³/mol. The van der Waals surface area contributed by atoms with Crippen LogP contribution in [0.2, 0.25) is 0 Å². The Bertz CT molecular complexity index is 119. The van der Waals surface area contributed by atoms with Crippen molar-refractivity contribution in [3.63, 3.8) is 0 Å². The molecule has 0 aliphatic heterocycles. The average molecular weight is 180 g/mol. The molecule has 0 bridgehead atoms. The number of rotatable bonds is 5. The highest BCUT2D eigenvalue weighted by atomic mass is 35.5. The zero-order valence-corrected chi connectivity index (χ0v) is 7.43. The van der Waals surface area contributed by atoms with E-state index in [0.29, 0.717) is 18.9 Å². The van der Waals surface area contributed by atoms with E-state index in [9.17, 15) is 4.79 Å². The molecule has 0 heterocycles. The van der Waals surface area contributed by atoms with Crippen LogP contribution in [0.1, 0.15) is 19.8 Å². The van der Waals surface area contributed by atoms with Crippen molar-refractivity contribution in [3.8, 4) is 0 Å². The highest BCUT2D eigenvalue weighted by Crippen LogP contribution is 1.94. The van der Waals surface area contributed by atoms with Crippen molar-refractivity contribution < 1.29 is 9.53 Å². The topological polar surface area (TPSA) is 52.3 Å². The van der Waals surface area contributed by atoms with Crippen LogP contribution in [-0.4, -0.2) is 24.5 Å². The molecule has 2 N–H and O–H groups in total. The van der Waals surface area contributed by atoms with Gasteiger partial charge < -0.3 is 10.5 Å². The summed E-state index contributed by atoms with van der Waals surface area (Å²) in [6.07, 6.45) is 1.30. The molecule has 4 heteroatoms. The largest absolute Gasteiger partial charge is 0.465 e. The van der Waals surface area contributed by atoms with Crippen molar-refractivity contribution in [1.29, 1.82) is 0 Å². The van der Waals surface area contributed by atoms with Gasteiger partial charge in [0.05, 0.1) is 6.61 Å². The van der Waals surface area contributed by atoms with Gasteiger partial charge in [0.25, 0.3) is 0 Å². The first-order valence-corrected chi connectivity index (χ1v) is 4.24. The maximum absolute atomic E-state index is 10.9. The summed E-state index contributed by atoms with van der Waals surface area (Å²) in [6.45, 7) is 2.37. The molecule has 11 heavy (non-hydrogen) atoms. The molecule has 0 aliphatic rings. The maximum Gasteiger partial charge on any atom is 0.322 e. The molecule has 0 saturated carbocycles. The van der Waals surface area contributed by atoms with Crippen molar-refractivity contribution in [2.24, 2.45) is 5.73 Å². The zero-order chi connectivity index (χ0) is 8.69. The standard InChI is InChI=1S/C7H14ClNO2/c1-2-5-11-7(10)6(9)3-4-8/h6H,2-5,9H2,1H3/t6-/m0/s1. The first-order valence-electron chi connectivity index (χ1n) is 3.70. The second kappa shape index (κ2) is 6.43. The lowest BCUT2D eigenvalue weighted by Gasteiger charge is -2.08. The lowest BCUT2D eigenvalue weighted by atomic mass is 10.2. The number of hydrogen-bond donors (Lipinski definition) is 1. The van der Waals surface area contributed by atoms with Crippen LogP contribution in [0.5, 0.6) is 0 Å². The number of carbonyl (C=O) groups is 1. The molecule has 0 aromatic carbocycles. The third kappa shape index (κ3) is 5.04. The third-order valence-corrected chi connectivity index (χ3v) is 1.39. The van der Waals surface area contributed by atoms with E-state index in [4.69, 9.17) is 22.1 Å². The van der Waals surface area contributed by atoms with Gasteiger partial charge in [0.1, 0.15) is 6.04 Å². The van der Waals surface area contributed by atoms with Gasteiger partial charge in [0, 0.05) is 5.88 Å². The Hall–Kier alpha value is -0.280. The van der Waals surface area contributed by atoms with Crippen molar-refractivity contribution in [3.05, 3.63) is 0 Å². The Morgan fingerprint density at radius 2 is 2.36 bits per heavy atom. The molecule has 0 saturated heterocycles. The van der Waals surface area contributed by atoms with E-state index in [-0.39, 0.29) is 5.97 Å². The minimum Gasteiger partial charge on any atom is -0.465 e. The van der Waals surface area contributed by atoms with Crippen LogP contribution in [0.3, 0.4) is 0 Å². The number of alkyl halides is 1. The quantitative estimate of drug-likeness (QED) is 0.504. The van der Waals surface area contributed by atoms with Crippen LogP contribution >= 0.6 is 11.6 Å². The van der Waals surface area contributed by atoms with Crippen LogP contribution in [0.4, 0.5) is 0 Å². The van der Waals surface area contributed by atoms with Crippen LogP contribution in [0, 0.1) is 0 Å². The maximum atomic E-state index is 10.9. The van der Waals surface area contributed by atoms with E-state index in [1.165, 1.54) is 0 Å². The molecular formula is C7H14ClNO2. The zero-order valence-electron chi connectivity index (χ0n) is 6.68. The first-order chi connectivity index (χ1) is 5.22. The second-order valence-corrected chi connectivity index (χ2v) is 2.63. The Labute approximate surface area is 71.8 Å². The minimum atomic E-state index is -0.556. The van der Waals surface area contributed by atoms with Gasteiger partial charge in [-0.05, 0) is 12.8 Å². The second-order valence-electron chi connectivity index (χ2n) is 2.25. The number of ether oxygens (including phenoxy) is 1. The molecule has 0 amide bonds. The van der Waals surface area contributed by atoms with Crippen molar-refractivity contribution in [2.75, 3.05) is 12.5 Å². The number of nitrogens with two attached hydrogens (primary N) is 1. The van der Waals surface area contributed by atoms with E-state index in [1.807, 2.05) is 6.92 Å². The Morgan fingerprint density at radius 3 is 2.82 bits per heavy atom. The first kappa shape index (κ1) is 10.7. The van der Waals surface area contributed by atoms with Gasteiger partial charge in [-0.1, -0.05) is 6.92 Å². The fourth-order valence-corrected chi connectivity index (χ4v) is 0.780. The summed E-state index contributed by atoms with van der Waals surface area (Å²) in [5.41, 5.74) is 5.41. The molecule has 0 radical (unpaired) electrons. The Kier molecular flexibility index (Phi) is 6.27. The molecule has 0 aromatic rings.